The maximum atomic E-state index is 12.1. The molecule has 9 heteroatoms. The molecule has 2 heterocycles. The summed E-state index contributed by atoms with van der Waals surface area (Å²) >= 11 is 11.4. The van der Waals surface area contributed by atoms with Crippen molar-refractivity contribution in [1.82, 2.24) is 15.7 Å². The first-order valence-corrected chi connectivity index (χ1v) is 11.2. The number of amides is 1. The number of ether oxygens (including phenoxy) is 1. The van der Waals surface area contributed by atoms with Crippen LogP contribution in [0.2, 0.25) is 5.02 Å². The van der Waals surface area contributed by atoms with Crippen LogP contribution in [0.4, 0.5) is 10.5 Å². The van der Waals surface area contributed by atoms with Gasteiger partial charge in [0.1, 0.15) is 5.60 Å². The topological polar surface area (TPSA) is 74.9 Å². The van der Waals surface area contributed by atoms with Crippen LogP contribution in [0, 0.1) is 6.92 Å². The van der Waals surface area contributed by atoms with Crippen molar-refractivity contribution in [2.45, 2.75) is 31.9 Å². The van der Waals surface area contributed by atoms with Crippen molar-refractivity contribution in [2.24, 2.45) is 0 Å². The Kier molecular flexibility index (Phi) is 6.83. The summed E-state index contributed by atoms with van der Waals surface area (Å²) in [5.41, 5.74) is 5.33. The number of thiocarbonyl (C=S) groups is 1. The third-order valence-corrected chi connectivity index (χ3v) is 6.11. The number of aryl methyl sites for hydroxylation is 1. The van der Waals surface area contributed by atoms with Crippen molar-refractivity contribution in [1.29, 1.82) is 0 Å². The van der Waals surface area contributed by atoms with Gasteiger partial charge in [-0.2, -0.15) is 0 Å². The lowest BCUT2D eigenvalue weighted by Crippen LogP contribution is -2.48. The lowest BCUT2D eigenvalue weighted by atomic mass is 9.92. The van der Waals surface area contributed by atoms with Gasteiger partial charge in [-0.25, -0.2) is 10.3 Å². The maximum absolute atomic E-state index is 12.1. The molecule has 4 rings (SSSR count). The molecule has 32 heavy (non-hydrogen) atoms. The Morgan fingerprint density at radius 2 is 1.88 bits per heavy atom. The number of nitrogens with zero attached hydrogens (tertiary/aromatic N) is 1. The maximum Gasteiger partial charge on any atom is 0.414 e. The quantitative estimate of drug-likeness (QED) is 0.566. The smallest absolute Gasteiger partial charge is 0.392 e. The average molecular weight is 473 g/mol. The zero-order valence-corrected chi connectivity index (χ0v) is 19.3. The van der Waals surface area contributed by atoms with Crippen molar-refractivity contribution in [3.05, 3.63) is 76.6 Å². The summed E-state index contributed by atoms with van der Waals surface area (Å²) in [4.78, 5) is 20.0. The minimum Gasteiger partial charge on any atom is -0.392 e. The number of piperidine rings is 1. The lowest BCUT2D eigenvalue weighted by Gasteiger charge is -2.37. The van der Waals surface area contributed by atoms with Gasteiger partial charge in [0.15, 0.2) is 5.11 Å². The van der Waals surface area contributed by atoms with Crippen molar-refractivity contribution >= 4 is 40.7 Å². The number of alkyl carbamates (subject to hydrolysis) is 1. The predicted octanol–water partition coefficient (Wildman–Crippen LogP) is 4.48. The molecule has 1 spiro atoms. The van der Waals surface area contributed by atoms with Crippen LogP contribution in [-0.4, -0.2) is 34.8 Å². The molecular weight excluding hydrogens is 448 g/mol. The van der Waals surface area contributed by atoms with Crippen LogP contribution in [-0.2, 0) is 16.1 Å². The number of hydrogen-bond acceptors (Lipinski definition) is 5. The molecule has 0 saturated carbocycles. The Morgan fingerprint density at radius 1 is 1.19 bits per heavy atom. The van der Waals surface area contributed by atoms with Crippen LogP contribution in [0.5, 0.6) is 0 Å². The van der Waals surface area contributed by atoms with E-state index in [4.69, 9.17) is 33.4 Å². The Balaban J connectivity index is 1.24. The molecule has 2 aromatic carbocycles. The molecule has 1 saturated heterocycles. The molecule has 0 bridgehead atoms. The summed E-state index contributed by atoms with van der Waals surface area (Å²) < 4.78 is 5.34. The highest BCUT2D eigenvalue weighted by atomic mass is 35.5. The summed E-state index contributed by atoms with van der Waals surface area (Å²) in [5.74, 6) is 0.299. The van der Waals surface area contributed by atoms with Gasteiger partial charge >= 0.3 is 6.09 Å². The average Bonchev–Trinajstić information content (AvgIpc) is 3.17. The normalized spacial score (nSPS) is 16.8. The molecule has 0 aromatic heterocycles. The van der Waals surface area contributed by atoms with Crippen molar-refractivity contribution in [3.63, 3.8) is 0 Å². The third-order valence-electron chi connectivity index (χ3n) is 5.50. The molecule has 0 aliphatic carbocycles. The Morgan fingerprint density at radius 3 is 2.56 bits per heavy atom. The Bertz CT molecular complexity index is 1000. The minimum atomic E-state index is -0.555. The molecule has 2 aromatic rings. The summed E-state index contributed by atoms with van der Waals surface area (Å²) in [7, 11) is 0. The SMILES string of the molecule is Cc1ccc(NC(=S)N2CCC3(C=C(OC(=O)NCc4ccc(Cl)cc4)NO3)CC2)cc1. The molecule has 1 amide bonds. The number of hydroxylamine groups is 1. The highest BCUT2D eigenvalue weighted by Gasteiger charge is 2.40. The Labute approximate surface area is 197 Å². The van der Waals surface area contributed by atoms with Gasteiger partial charge in [-0.3, -0.25) is 4.84 Å². The van der Waals surface area contributed by atoms with E-state index in [0.717, 1.165) is 37.2 Å². The van der Waals surface area contributed by atoms with E-state index in [1.165, 1.54) is 5.56 Å². The number of nitrogens with one attached hydrogen (secondary N) is 3. The summed E-state index contributed by atoms with van der Waals surface area (Å²) in [5, 5.41) is 7.34. The van der Waals surface area contributed by atoms with Crippen molar-refractivity contribution in [2.75, 3.05) is 18.4 Å². The van der Waals surface area contributed by atoms with Crippen LogP contribution in [0.3, 0.4) is 0 Å². The first kappa shape index (κ1) is 22.4. The molecular formula is C23H25ClN4O3S. The van der Waals surface area contributed by atoms with Gasteiger partial charge in [-0.05, 0) is 49.0 Å². The summed E-state index contributed by atoms with van der Waals surface area (Å²) in [6.07, 6.45) is 2.72. The second-order valence-electron chi connectivity index (χ2n) is 7.93. The van der Waals surface area contributed by atoms with E-state index in [0.29, 0.717) is 22.6 Å². The number of likely N-dealkylation sites (tertiary alicyclic amines) is 1. The second kappa shape index (κ2) is 9.77. The van der Waals surface area contributed by atoms with Gasteiger partial charge < -0.3 is 20.3 Å². The minimum absolute atomic E-state index is 0.299. The number of carbonyl (C=O) groups excluding carboxylic acids is 1. The van der Waals surface area contributed by atoms with E-state index < -0.39 is 11.7 Å². The van der Waals surface area contributed by atoms with Crippen molar-refractivity contribution < 1.29 is 14.4 Å². The molecule has 0 atom stereocenters. The number of carbonyl (C=O) groups is 1. The van der Waals surface area contributed by atoms with Crippen LogP contribution >= 0.6 is 23.8 Å². The largest absolute Gasteiger partial charge is 0.414 e. The van der Waals surface area contributed by atoms with E-state index >= 15 is 0 Å². The summed E-state index contributed by atoms with van der Waals surface area (Å²) in [6.45, 7) is 3.85. The van der Waals surface area contributed by atoms with E-state index in [1.54, 1.807) is 12.1 Å². The third kappa shape index (κ3) is 5.70. The van der Waals surface area contributed by atoms with Gasteiger partial charge in [-0.1, -0.05) is 41.4 Å². The zero-order valence-electron chi connectivity index (χ0n) is 17.7. The molecule has 1 fully saturated rings. The first-order chi connectivity index (χ1) is 15.4. The second-order valence-corrected chi connectivity index (χ2v) is 8.75. The fourth-order valence-electron chi connectivity index (χ4n) is 3.59. The van der Waals surface area contributed by atoms with Crippen LogP contribution in [0.25, 0.3) is 0 Å². The van der Waals surface area contributed by atoms with Crippen LogP contribution < -0.4 is 16.1 Å². The van der Waals surface area contributed by atoms with Crippen LogP contribution in [0.15, 0.2) is 60.5 Å². The van der Waals surface area contributed by atoms with E-state index in [-0.39, 0.29) is 0 Å². The number of hydrogen-bond donors (Lipinski definition) is 3. The fraction of sp³-hybridized carbons (Fsp3) is 0.304. The number of benzene rings is 2. The molecule has 0 radical (unpaired) electrons. The number of halogens is 1. The molecule has 7 nitrogen and oxygen atoms in total. The zero-order chi connectivity index (χ0) is 22.6. The molecule has 0 unspecified atom stereocenters. The lowest BCUT2D eigenvalue weighted by molar-refractivity contribution is -0.0739. The predicted molar refractivity (Wildman–Crippen MR) is 128 cm³/mol. The molecule has 2 aliphatic heterocycles. The standard InChI is InChI=1S/C23H25ClN4O3S/c1-16-2-8-19(9-3-16)26-21(32)28-12-10-23(11-13-28)14-20(27-31-23)30-22(29)25-15-17-4-6-18(24)7-5-17/h2-9,14,27H,10-13,15H2,1H3,(H,25,29)(H,26,32). The highest BCUT2D eigenvalue weighted by molar-refractivity contribution is 7.80. The van der Waals surface area contributed by atoms with Crippen LogP contribution in [0.1, 0.15) is 24.0 Å². The molecule has 2 aliphatic rings. The van der Waals surface area contributed by atoms with E-state index in [9.17, 15) is 4.79 Å². The van der Waals surface area contributed by atoms with E-state index in [2.05, 4.69) is 27.9 Å². The monoisotopic (exact) mass is 472 g/mol. The number of rotatable bonds is 4. The highest BCUT2D eigenvalue weighted by Crippen LogP contribution is 2.32. The van der Waals surface area contributed by atoms with Gasteiger partial charge in [0.25, 0.3) is 0 Å². The fourth-order valence-corrected chi connectivity index (χ4v) is 4.01. The Hall–Kier alpha value is -2.81. The van der Waals surface area contributed by atoms with E-state index in [1.807, 2.05) is 42.5 Å². The molecule has 3 N–H and O–H groups in total. The van der Waals surface area contributed by atoms with Gasteiger partial charge in [0.05, 0.1) is 0 Å². The van der Waals surface area contributed by atoms with Crippen molar-refractivity contribution in [3.8, 4) is 0 Å². The van der Waals surface area contributed by atoms with Gasteiger partial charge in [-0.15, -0.1) is 0 Å². The summed E-state index contributed by atoms with van der Waals surface area (Å²) in [6, 6.07) is 15.4. The van der Waals surface area contributed by atoms with Gasteiger partial charge in [0.2, 0.25) is 5.88 Å². The first-order valence-electron chi connectivity index (χ1n) is 10.4. The number of anilines is 1. The van der Waals surface area contributed by atoms with Gasteiger partial charge in [0, 0.05) is 49.3 Å². The molecule has 168 valence electrons.